The molecular weight excluding hydrogens is 216 g/mol. The van der Waals surface area contributed by atoms with Gasteiger partial charge in [-0.2, -0.15) is 0 Å². The van der Waals surface area contributed by atoms with Crippen LogP contribution in [0.3, 0.4) is 0 Å². The van der Waals surface area contributed by atoms with Crippen molar-refractivity contribution in [3.05, 3.63) is 0 Å². The number of ether oxygens (including phenoxy) is 2. The molecule has 0 bridgehead atoms. The molecule has 1 fully saturated rings. The van der Waals surface area contributed by atoms with Gasteiger partial charge in [0.1, 0.15) is 6.10 Å². The molecule has 0 radical (unpaired) electrons. The lowest BCUT2D eigenvalue weighted by Gasteiger charge is -2.50. The number of rotatable bonds is 5. The van der Waals surface area contributed by atoms with Crippen LogP contribution in [0.25, 0.3) is 0 Å². The van der Waals surface area contributed by atoms with Crippen molar-refractivity contribution in [1.29, 1.82) is 0 Å². The van der Waals surface area contributed by atoms with Crippen LogP contribution in [0.2, 0.25) is 0 Å². The third-order valence-electron chi connectivity index (χ3n) is 3.45. The van der Waals surface area contributed by atoms with Crippen molar-refractivity contribution in [2.24, 2.45) is 17.3 Å². The largest absolute Gasteiger partial charge is 0.461 e. The molecule has 0 heterocycles. The number of esters is 1. The minimum Gasteiger partial charge on any atom is -0.461 e. The van der Waals surface area contributed by atoms with E-state index in [0.717, 1.165) is 13.0 Å². The van der Waals surface area contributed by atoms with Crippen molar-refractivity contribution in [3.63, 3.8) is 0 Å². The predicted molar refractivity (Wildman–Crippen MR) is 67.7 cm³/mol. The van der Waals surface area contributed by atoms with Crippen molar-refractivity contribution in [1.82, 2.24) is 0 Å². The van der Waals surface area contributed by atoms with Crippen LogP contribution in [0.1, 0.15) is 48.0 Å². The summed E-state index contributed by atoms with van der Waals surface area (Å²) in [5.41, 5.74) is -0.0561. The van der Waals surface area contributed by atoms with Crippen LogP contribution in [0.5, 0.6) is 0 Å². The topological polar surface area (TPSA) is 35.5 Å². The average molecular weight is 242 g/mol. The van der Waals surface area contributed by atoms with Crippen LogP contribution < -0.4 is 0 Å². The minimum absolute atomic E-state index is 0.00885. The monoisotopic (exact) mass is 242 g/mol. The molecule has 0 saturated heterocycles. The predicted octanol–water partition coefficient (Wildman–Crippen LogP) is 3.03. The summed E-state index contributed by atoms with van der Waals surface area (Å²) in [4.78, 5) is 11.5. The summed E-state index contributed by atoms with van der Waals surface area (Å²) in [6, 6.07) is 0. The molecule has 0 aromatic carbocycles. The molecule has 2 atom stereocenters. The summed E-state index contributed by atoms with van der Waals surface area (Å²) < 4.78 is 11.3. The highest BCUT2D eigenvalue weighted by Crippen LogP contribution is 2.45. The lowest BCUT2D eigenvalue weighted by atomic mass is 9.66. The van der Waals surface area contributed by atoms with Crippen LogP contribution in [-0.2, 0) is 14.3 Å². The van der Waals surface area contributed by atoms with Gasteiger partial charge >= 0.3 is 5.97 Å². The molecule has 1 aliphatic rings. The molecule has 3 heteroatoms. The van der Waals surface area contributed by atoms with Crippen LogP contribution in [0, 0.1) is 17.3 Å². The van der Waals surface area contributed by atoms with E-state index in [-0.39, 0.29) is 29.5 Å². The Morgan fingerprint density at radius 1 is 1.24 bits per heavy atom. The van der Waals surface area contributed by atoms with E-state index < -0.39 is 0 Å². The Bertz CT molecular complexity index is 269. The lowest BCUT2D eigenvalue weighted by molar-refractivity contribution is -0.207. The van der Waals surface area contributed by atoms with Crippen LogP contribution in [-0.4, -0.2) is 24.8 Å². The number of hydrogen-bond donors (Lipinski definition) is 0. The molecule has 17 heavy (non-hydrogen) atoms. The fourth-order valence-corrected chi connectivity index (χ4v) is 1.92. The number of carbonyl (C=O) groups excluding carboxylic acids is 1. The van der Waals surface area contributed by atoms with Gasteiger partial charge in [-0.1, -0.05) is 41.5 Å². The van der Waals surface area contributed by atoms with Gasteiger partial charge in [0.25, 0.3) is 0 Å². The Morgan fingerprint density at radius 3 is 2.24 bits per heavy atom. The Morgan fingerprint density at radius 2 is 1.82 bits per heavy atom. The first-order chi connectivity index (χ1) is 7.75. The van der Waals surface area contributed by atoms with Gasteiger partial charge in [0.15, 0.2) is 0 Å². The molecule has 0 aromatic heterocycles. The maximum Gasteiger partial charge on any atom is 0.308 e. The fourth-order valence-electron chi connectivity index (χ4n) is 1.92. The number of hydrogen-bond acceptors (Lipinski definition) is 3. The van der Waals surface area contributed by atoms with Crippen molar-refractivity contribution < 1.29 is 14.3 Å². The van der Waals surface area contributed by atoms with E-state index in [0.29, 0.717) is 5.92 Å². The van der Waals surface area contributed by atoms with Gasteiger partial charge in [-0.05, 0) is 5.92 Å². The zero-order chi connectivity index (χ0) is 13.2. The standard InChI is InChI=1S/C14H26O3/c1-9(2)8-16-11-7-12(14(11,5)6)17-13(15)10(3)4/h9-12H,7-8H2,1-6H3/t11-,12+/m0/s1. The van der Waals surface area contributed by atoms with Crippen molar-refractivity contribution in [2.75, 3.05) is 6.61 Å². The normalized spacial score (nSPS) is 27.1. The second kappa shape index (κ2) is 5.38. The quantitative estimate of drug-likeness (QED) is 0.695. The Kier molecular flexibility index (Phi) is 4.59. The van der Waals surface area contributed by atoms with Gasteiger partial charge < -0.3 is 9.47 Å². The highest BCUT2D eigenvalue weighted by Gasteiger charge is 2.51. The van der Waals surface area contributed by atoms with Crippen molar-refractivity contribution >= 4 is 5.97 Å². The molecule has 0 spiro atoms. The zero-order valence-electron chi connectivity index (χ0n) is 11.9. The molecule has 0 amide bonds. The van der Waals surface area contributed by atoms with Gasteiger partial charge in [-0.15, -0.1) is 0 Å². The molecular formula is C14H26O3. The van der Waals surface area contributed by atoms with E-state index >= 15 is 0 Å². The van der Waals surface area contributed by atoms with E-state index in [1.54, 1.807) is 0 Å². The third-order valence-corrected chi connectivity index (χ3v) is 3.45. The van der Waals surface area contributed by atoms with E-state index in [9.17, 15) is 4.79 Å². The maximum absolute atomic E-state index is 11.5. The van der Waals surface area contributed by atoms with Crippen molar-refractivity contribution in [2.45, 2.75) is 60.2 Å². The first-order valence-corrected chi connectivity index (χ1v) is 6.57. The van der Waals surface area contributed by atoms with Crippen LogP contribution >= 0.6 is 0 Å². The van der Waals surface area contributed by atoms with Gasteiger partial charge in [0, 0.05) is 18.4 Å². The van der Waals surface area contributed by atoms with Crippen molar-refractivity contribution in [3.8, 4) is 0 Å². The highest BCUT2D eigenvalue weighted by molar-refractivity contribution is 5.71. The van der Waals surface area contributed by atoms with E-state index in [4.69, 9.17) is 9.47 Å². The molecule has 1 aliphatic carbocycles. The van der Waals surface area contributed by atoms with Crippen LogP contribution in [0.15, 0.2) is 0 Å². The Hall–Kier alpha value is -0.570. The molecule has 100 valence electrons. The molecule has 1 rings (SSSR count). The summed E-state index contributed by atoms with van der Waals surface area (Å²) in [5.74, 6) is 0.384. The average Bonchev–Trinajstić information content (AvgIpc) is 2.21. The molecule has 0 aliphatic heterocycles. The number of carbonyl (C=O) groups is 1. The molecule has 3 nitrogen and oxygen atoms in total. The zero-order valence-corrected chi connectivity index (χ0v) is 11.9. The second-order valence-corrected chi connectivity index (χ2v) is 6.35. The smallest absolute Gasteiger partial charge is 0.308 e. The van der Waals surface area contributed by atoms with Gasteiger partial charge in [0.05, 0.1) is 12.0 Å². The SMILES string of the molecule is CC(C)CO[C@H]1C[C@@H](OC(=O)C(C)C)C1(C)C. The summed E-state index contributed by atoms with van der Waals surface area (Å²) in [6.07, 6.45) is 1.06. The minimum atomic E-state index is -0.106. The first-order valence-electron chi connectivity index (χ1n) is 6.57. The Balaban J connectivity index is 2.41. The maximum atomic E-state index is 11.5. The lowest BCUT2D eigenvalue weighted by Crippen LogP contribution is -2.56. The van der Waals surface area contributed by atoms with E-state index in [1.807, 2.05) is 13.8 Å². The summed E-state index contributed by atoms with van der Waals surface area (Å²) in [6.45, 7) is 13.0. The highest BCUT2D eigenvalue weighted by atomic mass is 16.6. The molecule has 1 saturated carbocycles. The van der Waals surface area contributed by atoms with E-state index in [2.05, 4.69) is 27.7 Å². The second-order valence-electron chi connectivity index (χ2n) is 6.35. The summed E-state index contributed by atoms with van der Waals surface area (Å²) >= 11 is 0. The summed E-state index contributed by atoms with van der Waals surface area (Å²) in [7, 11) is 0. The fraction of sp³-hybridized carbons (Fsp3) is 0.929. The molecule has 0 N–H and O–H groups in total. The molecule has 0 aromatic rings. The first kappa shape index (κ1) is 14.5. The van der Waals surface area contributed by atoms with Gasteiger partial charge in [-0.25, -0.2) is 0 Å². The molecule has 0 unspecified atom stereocenters. The summed E-state index contributed by atoms with van der Waals surface area (Å²) in [5, 5.41) is 0. The van der Waals surface area contributed by atoms with Gasteiger partial charge in [0.2, 0.25) is 0 Å². The van der Waals surface area contributed by atoms with E-state index in [1.165, 1.54) is 0 Å². The van der Waals surface area contributed by atoms with Gasteiger partial charge in [-0.3, -0.25) is 4.79 Å². The third kappa shape index (κ3) is 3.44. The van der Waals surface area contributed by atoms with Crippen LogP contribution in [0.4, 0.5) is 0 Å². The Labute approximate surface area is 105 Å².